The zero-order valence-corrected chi connectivity index (χ0v) is 15.7. The van der Waals surface area contributed by atoms with Crippen LogP contribution in [0.5, 0.6) is 5.75 Å². The molecule has 1 aliphatic carbocycles. The molecule has 0 aromatic heterocycles. The Morgan fingerprint density at radius 2 is 1.96 bits per heavy atom. The molecule has 28 heavy (non-hydrogen) atoms. The molecule has 0 spiro atoms. The minimum Gasteiger partial charge on any atom is -0.484 e. The molecule has 1 aromatic rings. The number of carbonyl (C=O) groups excluding carboxylic acids is 2. The number of halogens is 3. The lowest BCUT2D eigenvalue weighted by Crippen LogP contribution is -2.47. The van der Waals surface area contributed by atoms with Crippen LogP contribution in [0.25, 0.3) is 0 Å². The van der Waals surface area contributed by atoms with Crippen molar-refractivity contribution in [3.05, 3.63) is 29.3 Å². The molecule has 2 N–H and O–H groups in total. The van der Waals surface area contributed by atoms with Crippen molar-refractivity contribution in [2.45, 2.75) is 44.7 Å². The second-order valence-corrected chi connectivity index (χ2v) is 8.07. The third-order valence-corrected chi connectivity index (χ3v) is 5.47. The fourth-order valence-corrected chi connectivity index (χ4v) is 3.53. The predicted octanol–water partition coefficient (Wildman–Crippen LogP) is 3.61. The van der Waals surface area contributed by atoms with Crippen molar-refractivity contribution < 1.29 is 32.2 Å². The van der Waals surface area contributed by atoms with Crippen molar-refractivity contribution in [2.75, 3.05) is 19.8 Å². The van der Waals surface area contributed by atoms with Crippen molar-refractivity contribution in [1.29, 1.82) is 0 Å². The Morgan fingerprint density at radius 3 is 2.46 bits per heavy atom. The van der Waals surface area contributed by atoms with Gasteiger partial charge in [0, 0.05) is 23.8 Å². The summed E-state index contributed by atoms with van der Waals surface area (Å²) in [6, 6.07) is 4.69. The first-order valence-electron chi connectivity index (χ1n) is 9.30. The molecule has 1 atom stereocenters. The zero-order valence-electron chi connectivity index (χ0n) is 15.7. The second-order valence-electron chi connectivity index (χ2n) is 8.07. The van der Waals surface area contributed by atoms with E-state index in [0.29, 0.717) is 18.8 Å². The van der Waals surface area contributed by atoms with E-state index >= 15 is 0 Å². The van der Waals surface area contributed by atoms with Gasteiger partial charge >= 0.3 is 6.18 Å². The summed E-state index contributed by atoms with van der Waals surface area (Å²) in [7, 11) is 0. The van der Waals surface area contributed by atoms with Crippen LogP contribution in [0.15, 0.2) is 18.2 Å². The first-order valence-corrected chi connectivity index (χ1v) is 9.30. The number of amides is 1. The van der Waals surface area contributed by atoms with Crippen molar-refractivity contribution in [1.82, 2.24) is 0 Å². The first kappa shape index (κ1) is 20.6. The molecule has 3 rings (SSSR count). The van der Waals surface area contributed by atoms with Gasteiger partial charge in [-0.3, -0.25) is 9.59 Å². The number of ketones is 1. The quantitative estimate of drug-likeness (QED) is 0.644. The van der Waals surface area contributed by atoms with Crippen LogP contribution in [-0.4, -0.2) is 37.7 Å². The second kappa shape index (κ2) is 7.73. The predicted molar refractivity (Wildman–Crippen MR) is 95.1 cm³/mol. The molecule has 2 fully saturated rings. The zero-order chi connectivity index (χ0) is 20.5. The number of primary amides is 1. The van der Waals surface area contributed by atoms with Crippen molar-refractivity contribution in [3.63, 3.8) is 0 Å². The van der Waals surface area contributed by atoms with Crippen LogP contribution < -0.4 is 10.5 Å². The molecule has 8 heteroatoms. The molecular weight excluding hydrogens is 375 g/mol. The third-order valence-electron chi connectivity index (χ3n) is 5.47. The Morgan fingerprint density at radius 1 is 1.29 bits per heavy atom. The monoisotopic (exact) mass is 399 g/mol. The van der Waals surface area contributed by atoms with E-state index in [4.69, 9.17) is 15.2 Å². The highest BCUT2D eigenvalue weighted by Gasteiger charge is 2.42. The summed E-state index contributed by atoms with van der Waals surface area (Å²) in [4.78, 5) is 24.2. The van der Waals surface area contributed by atoms with Crippen molar-refractivity contribution >= 4 is 11.7 Å². The van der Waals surface area contributed by atoms with Gasteiger partial charge in [0.05, 0.1) is 13.2 Å². The first-order chi connectivity index (χ1) is 13.1. The van der Waals surface area contributed by atoms with Crippen molar-refractivity contribution in [2.24, 2.45) is 17.1 Å². The summed E-state index contributed by atoms with van der Waals surface area (Å²) in [6.07, 6.45) is -2.52. The molecule has 1 amide bonds. The van der Waals surface area contributed by atoms with Crippen LogP contribution in [0.1, 0.15) is 54.4 Å². The maximum Gasteiger partial charge on any atom is 0.422 e. The fourth-order valence-electron chi connectivity index (χ4n) is 3.53. The van der Waals surface area contributed by atoms with E-state index in [1.165, 1.54) is 6.07 Å². The van der Waals surface area contributed by atoms with Gasteiger partial charge in [-0.15, -0.1) is 0 Å². The Balaban J connectivity index is 1.77. The number of hydrogen-bond acceptors (Lipinski definition) is 4. The minimum atomic E-state index is -4.45. The standard InChI is InChI=1S/C20H24F3NO4/c1-19(9-27-10-19)14(8-18(24)26)7-16(25)13-4-5-15(12-2-3-12)17(6-13)28-11-20(21,22)23/h4-6,12,14H,2-3,7-11H2,1H3,(H2,24,26). The maximum absolute atomic E-state index is 12.8. The van der Waals surface area contributed by atoms with Gasteiger partial charge in [-0.2, -0.15) is 13.2 Å². The molecule has 1 heterocycles. The summed E-state index contributed by atoms with van der Waals surface area (Å²) >= 11 is 0. The largest absolute Gasteiger partial charge is 0.484 e. The topological polar surface area (TPSA) is 78.6 Å². The van der Waals surface area contributed by atoms with Crippen LogP contribution in [-0.2, 0) is 9.53 Å². The lowest BCUT2D eigenvalue weighted by Gasteiger charge is -2.44. The number of alkyl halides is 3. The van der Waals surface area contributed by atoms with E-state index < -0.39 is 18.7 Å². The van der Waals surface area contributed by atoms with Crippen LogP contribution in [0.3, 0.4) is 0 Å². The highest BCUT2D eigenvalue weighted by atomic mass is 19.4. The number of nitrogens with two attached hydrogens (primary N) is 1. The molecule has 154 valence electrons. The lowest BCUT2D eigenvalue weighted by atomic mass is 9.71. The number of Topliss-reactive ketones (excluding diaryl/α,β-unsaturated/α-hetero) is 1. The van der Waals surface area contributed by atoms with E-state index in [0.717, 1.165) is 12.8 Å². The van der Waals surface area contributed by atoms with Crippen LogP contribution in [0.4, 0.5) is 13.2 Å². The summed E-state index contributed by atoms with van der Waals surface area (Å²) in [5, 5.41) is 0. The summed E-state index contributed by atoms with van der Waals surface area (Å²) in [5.74, 6) is -0.743. The number of ether oxygens (including phenoxy) is 2. The van der Waals surface area contributed by atoms with Gasteiger partial charge in [0.15, 0.2) is 12.4 Å². The average molecular weight is 399 g/mol. The molecule has 1 unspecified atom stereocenters. The lowest BCUT2D eigenvalue weighted by molar-refractivity contribution is -0.153. The number of carbonyl (C=O) groups is 2. The van der Waals surface area contributed by atoms with E-state index in [2.05, 4.69) is 0 Å². The summed E-state index contributed by atoms with van der Waals surface area (Å²) < 4.78 is 47.9. The van der Waals surface area contributed by atoms with Crippen LogP contribution in [0, 0.1) is 11.3 Å². The molecule has 1 saturated heterocycles. The van der Waals surface area contributed by atoms with E-state index in [1.807, 2.05) is 6.92 Å². The van der Waals surface area contributed by atoms with Gasteiger partial charge in [0.2, 0.25) is 5.91 Å². The Labute approximate surface area is 161 Å². The summed E-state index contributed by atoms with van der Waals surface area (Å²) in [5.41, 5.74) is 6.00. The average Bonchev–Trinajstić information content (AvgIpc) is 3.40. The van der Waals surface area contributed by atoms with Crippen LogP contribution in [0.2, 0.25) is 0 Å². The molecule has 1 aliphatic heterocycles. The molecular formula is C20H24F3NO4. The van der Waals surface area contributed by atoms with Gasteiger partial charge < -0.3 is 15.2 Å². The third kappa shape index (κ3) is 5.04. The number of rotatable bonds is 9. The smallest absolute Gasteiger partial charge is 0.422 e. The van der Waals surface area contributed by atoms with Gasteiger partial charge in [0.25, 0.3) is 0 Å². The van der Waals surface area contributed by atoms with Gasteiger partial charge in [0.1, 0.15) is 5.75 Å². The molecule has 2 aliphatic rings. The highest BCUT2D eigenvalue weighted by Crippen LogP contribution is 2.45. The van der Waals surface area contributed by atoms with Crippen LogP contribution >= 0.6 is 0 Å². The van der Waals surface area contributed by atoms with E-state index in [9.17, 15) is 22.8 Å². The van der Waals surface area contributed by atoms with E-state index in [-0.39, 0.29) is 47.2 Å². The Kier molecular flexibility index (Phi) is 5.70. The normalized spacial score (nSPS) is 19.6. The molecule has 1 saturated carbocycles. The molecule has 0 radical (unpaired) electrons. The van der Waals surface area contributed by atoms with Gasteiger partial charge in [-0.25, -0.2) is 0 Å². The fraction of sp³-hybridized carbons (Fsp3) is 0.600. The molecule has 5 nitrogen and oxygen atoms in total. The number of benzene rings is 1. The molecule has 1 aromatic carbocycles. The molecule has 0 bridgehead atoms. The Hall–Kier alpha value is -2.09. The SMILES string of the molecule is CC1(C(CC(N)=O)CC(=O)c2ccc(C3CC3)c(OCC(F)(F)F)c2)COC1. The highest BCUT2D eigenvalue weighted by molar-refractivity contribution is 5.97. The van der Waals surface area contributed by atoms with Crippen molar-refractivity contribution in [3.8, 4) is 5.75 Å². The number of hydrogen-bond donors (Lipinski definition) is 1. The van der Waals surface area contributed by atoms with Gasteiger partial charge in [-0.05, 0) is 36.3 Å². The van der Waals surface area contributed by atoms with E-state index in [1.54, 1.807) is 12.1 Å². The maximum atomic E-state index is 12.8. The minimum absolute atomic E-state index is 0.0587. The Bertz CT molecular complexity index is 754. The summed E-state index contributed by atoms with van der Waals surface area (Å²) in [6.45, 7) is 1.42. The van der Waals surface area contributed by atoms with Gasteiger partial charge in [-0.1, -0.05) is 19.1 Å².